The molecule has 0 aromatic heterocycles. The number of hydrogen-bond donors (Lipinski definition) is 3. The van der Waals surface area contributed by atoms with Gasteiger partial charge in [0.25, 0.3) is 0 Å². The fraction of sp³-hybridized carbons (Fsp3) is 0.875. The van der Waals surface area contributed by atoms with Crippen molar-refractivity contribution >= 4 is 12.0 Å². The van der Waals surface area contributed by atoms with Crippen LogP contribution in [0.3, 0.4) is 0 Å². The maximum atomic E-state index is 11.8. The second-order valence-electron chi connectivity index (χ2n) is 6.69. The van der Waals surface area contributed by atoms with E-state index < -0.39 is 11.4 Å². The smallest absolute Gasteiger partial charge is 0.314 e. The normalized spacial score (nSPS) is 21.9. The fourth-order valence-corrected chi connectivity index (χ4v) is 3.70. The molecule has 2 saturated carbocycles. The van der Waals surface area contributed by atoms with Crippen molar-refractivity contribution in [1.82, 2.24) is 10.6 Å². The molecule has 2 aliphatic rings. The van der Waals surface area contributed by atoms with Gasteiger partial charge in [0, 0.05) is 13.1 Å². The van der Waals surface area contributed by atoms with Gasteiger partial charge >= 0.3 is 12.0 Å². The van der Waals surface area contributed by atoms with Crippen molar-refractivity contribution in [2.24, 2.45) is 11.3 Å². The van der Waals surface area contributed by atoms with Crippen LogP contribution < -0.4 is 10.6 Å². The number of hydrogen-bond acceptors (Lipinski definition) is 2. The summed E-state index contributed by atoms with van der Waals surface area (Å²) in [6.45, 7) is 0.939. The summed E-state index contributed by atoms with van der Waals surface area (Å²) in [6.07, 6.45) is 10.8. The number of nitrogens with one attached hydrogen (secondary N) is 2. The van der Waals surface area contributed by atoms with Gasteiger partial charge in [0.05, 0.1) is 5.41 Å². The molecule has 0 unspecified atom stereocenters. The average Bonchev–Trinajstić information content (AvgIpc) is 2.96. The summed E-state index contributed by atoms with van der Waals surface area (Å²) in [5.74, 6) is -0.0262. The van der Waals surface area contributed by atoms with Crippen LogP contribution >= 0.6 is 0 Å². The number of amides is 2. The Bertz CT molecular complexity index is 359. The lowest BCUT2D eigenvalue weighted by Crippen LogP contribution is -2.45. The molecule has 21 heavy (non-hydrogen) atoms. The Hall–Kier alpha value is -1.26. The van der Waals surface area contributed by atoms with Crippen molar-refractivity contribution < 1.29 is 14.7 Å². The van der Waals surface area contributed by atoms with Crippen molar-refractivity contribution in [3.63, 3.8) is 0 Å². The van der Waals surface area contributed by atoms with Crippen molar-refractivity contribution in [3.8, 4) is 0 Å². The number of carboxylic acid groups (broad SMARTS) is 1. The molecule has 0 atom stereocenters. The van der Waals surface area contributed by atoms with E-state index in [4.69, 9.17) is 0 Å². The molecule has 0 aromatic rings. The monoisotopic (exact) mass is 296 g/mol. The van der Waals surface area contributed by atoms with E-state index in [0.717, 1.165) is 25.2 Å². The first kappa shape index (κ1) is 16.1. The molecule has 0 spiro atoms. The first-order valence-corrected chi connectivity index (χ1v) is 8.37. The van der Waals surface area contributed by atoms with Gasteiger partial charge in [-0.3, -0.25) is 4.79 Å². The maximum absolute atomic E-state index is 11.8. The van der Waals surface area contributed by atoms with E-state index in [9.17, 15) is 14.7 Å². The number of carbonyl (C=O) groups excluding carboxylic acids is 1. The van der Waals surface area contributed by atoms with E-state index in [0.29, 0.717) is 19.4 Å². The molecule has 120 valence electrons. The third kappa shape index (κ3) is 4.61. The number of aliphatic carboxylic acids is 1. The lowest BCUT2D eigenvalue weighted by Gasteiger charge is -2.24. The highest BCUT2D eigenvalue weighted by atomic mass is 16.4. The van der Waals surface area contributed by atoms with E-state index in [1.807, 2.05) is 0 Å². The lowest BCUT2D eigenvalue weighted by molar-refractivity contribution is -0.148. The molecule has 0 aliphatic heterocycles. The summed E-state index contributed by atoms with van der Waals surface area (Å²) in [5.41, 5.74) is -0.735. The Balaban J connectivity index is 1.63. The van der Waals surface area contributed by atoms with Gasteiger partial charge in [-0.2, -0.15) is 0 Å². The highest BCUT2D eigenvalue weighted by Gasteiger charge is 2.41. The minimum absolute atomic E-state index is 0.224. The van der Waals surface area contributed by atoms with Gasteiger partial charge in [0.2, 0.25) is 0 Å². The Morgan fingerprint density at radius 2 is 1.67 bits per heavy atom. The predicted octanol–water partition coefficient (Wildman–Crippen LogP) is 2.90. The lowest BCUT2D eigenvalue weighted by atomic mass is 9.86. The highest BCUT2D eigenvalue weighted by Crippen LogP contribution is 2.37. The molecule has 0 bridgehead atoms. The van der Waals surface area contributed by atoms with Crippen LogP contribution in [0.5, 0.6) is 0 Å². The van der Waals surface area contributed by atoms with Crippen molar-refractivity contribution in [2.75, 3.05) is 13.1 Å². The van der Waals surface area contributed by atoms with Gasteiger partial charge in [-0.1, -0.05) is 44.9 Å². The van der Waals surface area contributed by atoms with Crippen LogP contribution in [0.4, 0.5) is 4.79 Å². The second-order valence-corrected chi connectivity index (χ2v) is 6.69. The van der Waals surface area contributed by atoms with Gasteiger partial charge < -0.3 is 15.7 Å². The maximum Gasteiger partial charge on any atom is 0.314 e. The minimum Gasteiger partial charge on any atom is -0.481 e. The Morgan fingerprint density at radius 3 is 2.29 bits per heavy atom. The van der Waals surface area contributed by atoms with Crippen molar-refractivity contribution in [2.45, 2.75) is 64.2 Å². The SMILES string of the molecule is O=C(NCCC1CCCCC1)NCC1(C(=O)O)CCCC1. The standard InChI is InChI=1S/C16H28N2O3/c19-14(20)16(9-4-5-10-16)12-18-15(21)17-11-8-13-6-2-1-3-7-13/h13H,1-12H2,(H,19,20)(H2,17,18,21). The van der Waals surface area contributed by atoms with E-state index in [1.165, 1.54) is 32.1 Å². The fourth-order valence-electron chi connectivity index (χ4n) is 3.70. The molecule has 0 heterocycles. The number of carboxylic acids is 1. The largest absolute Gasteiger partial charge is 0.481 e. The van der Waals surface area contributed by atoms with Gasteiger partial charge in [-0.05, 0) is 25.2 Å². The van der Waals surface area contributed by atoms with Crippen LogP contribution in [-0.4, -0.2) is 30.2 Å². The number of carbonyl (C=O) groups is 2. The van der Waals surface area contributed by atoms with Gasteiger partial charge in [0.1, 0.15) is 0 Å². The molecular formula is C16H28N2O3. The number of rotatable bonds is 6. The van der Waals surface area contributed by atoms with Crippen LogP contribution in [0.15, 0.2) is 0 Å². The summed E-state index contributed by atoms with van der Waals surface area (Å²) in [5, 5.41) is 15.0. The van der Waals surface area contributed by atoms with Crippen LogP contribution in [0, 0.1) is 11.3 Å². The molecule has 5 heteroatoms. The van der Waals surface area contributed by atoms with E-state index in [2.05, 4.69) is 10.6 Å². The summed E-state index contributed by atoms with van der Waals surface area (Å²) >= 11 is 0. The minimum atomic E-state index is -0.775. The highest BCUT2D eigenvalue weighted by molar-refractivity contribution is 5.78. The topological polar surface area (TPSA) is 78.4 Å². The Labute approximate surface area is 126 Å². The second kappa shape index (κ2) is 7.66. The van der Waals surface area contributed by atoms with Crippen LogP contribution in [0.2, 0.25) is 0 Å². The molecule has 2 fully saturated rings. The number of urea groups is 1. The first-order chi connectivity index (χ1) is 10.1. The van der Waals surface area contributed by atoms with E-state index in [-0.39, 0.29) is 12.6 Å². The molecule has 5 nitrogen and oxygen atoms in total. The summed E-state index contributed by atoms with van der Waals surface area (Å²) in [7, 11) is 0. The molecule has 2 rings (SSSR count). The predicted molar refractivity (Wildman–Crippen MR) is 81.1 cm³/mol. The summed E-state index contributed by atoms with van der Waals surface area (Å²) in [4.78, 5) is 23.2. The third-order valence-corrected chi connectivity index (χ3v) is 5.16. The van der Waals surface area contributed by atoms with Crippen molar-refractivity contribution in [3.05, 3.63) is 0 Å². The molecule has 2 amide bonds. The van der Waals surface area contributed by atoms with Gasteiger partial charge in [-0.25, -0.2) is 4.79 Å². The first-order valence-electron chi connectivity index (χ1n) is 8.37. The van der Waals surface area contributed by atoms with E-state index in [1.54, 1.807) is 0 Å². The summed E-state index contributed by atoms with van der Waals surface area (Å²) in [6, 6.07) is -0.224. The van der Waals surface area contributed by atoms with Gasteiger partial charge in [0.15, 0.2) is 0 Å². The molecule has 2 aliphatic carbocycles. The Morgan fingerprint density at radius 1 is 1.00 bits per heavy atom. The quantitative estimate of drug-likeness (QED) is 0.705. The zero-order chi connectivity index (χ0) is 15.1. The zero-order valence-corrected chi connectivity index (χ0v) is 12.8. The van der Waals surface area contributed by atoms with Crippen LogP contribution in [0.1, 0.15) is 64.2 Å². The average molecular weight is 296 g/mol. The van der Waals surface area contributed by atoms with Crippen molar-refractivity contribution in [1.29, 1.82) is 0 Å². The Kier molecular flexibility index (Phi) is 5.88. The molecule has 0 saturated heterocycles. The molecular weight excluding hydrogens is 268 g/mol. The van der Waals surface area contributed by atoms with Crippen LogP contribution in [-0.2, 0) is 4.79 Å². The molecule has 3 N–H and O–H groups in total. The zero-order valence-electron chi connectivity index (χ0n) is 12.8. The molecule has 0 aromatic carbocycles. The summed E-state index contributed by atoms with van der Waals surface area (Å²) < 4.78 is 0. The molecule has 0 radical (unpaired) electrons. The van der Waals surface area contributed by atoms with E-state index >= 15 is 0 Å². The van der Waals surface area contributed by atoms with Gasteiger partial charge in [-0.15, -0.1) is 0 Å². The third-order valence-electron chi connectivity index (χ3n) is 5.16. The van der Waals surface area contributed by atoms with Crippen LogP contribution in [0.25, 0.3) is 0 Å².